The lowest BCUT2D eigenvalue weighted by atomic mass is 9.76. The molecule has 3 heterocycles. The van der Waals surface area contributed by atoms with E-state index in [4.69, 9.17) is 16.3 Å². The molecule has 1 spiro atoms. The number of hydrogen-bond acceptors (Lipinski definition) is 5. The highest BCUT2D eigenvalue weighted by Gasteiger charge is 2.80. The number of alkyl halides is 2. The average Bonchev–Trinajstić information content (AvgIpc) is 3.05. The Bertz CT molecular complexity index is 792. The largest absolute Gasteiger partial charge is 0.392 e. The van der Waals surface area contributed by atoms with Gasteiger partial charge in [-0.25, -0.2) is 14.0 Å². The van der Waals surface area contributed by atoms with Gasteiger partial charge < -0.3 is 9.84 Å². The zero-order valence-corrected chi connectivity index (χ0v) is 14.6. The van der Waals surface area contributed by atoms with Gasteiger partial charge >= 0.3 is 11.8 Å². The Kier molecular flexibility index (Phi) is 4.26. The third-order valence-corrected chi connectivity index (χ3v) is 5.88. The van der Waals surface area contributed by atoms with Crippen molar-refractivity contribution in [1.29, 1.82) is 0 Å². The summed E-state index contributed by atoms with van der Waals surface area (Å²) >= 11 is 5.93. The Morgan fingerprint density at radius 3 is 2.68 bits per heavy atom. The molecule has 1 aromatic heterocycles. The van der Waals surface area contributed by atoms with Crippen molar-refractivity contribution in [2.75, 3.05) is 26.8 Å². The van der Waals surface area contributed by atoms with E-state index >= 15 is 0 Å². The highest BCUT2D eigenvalue weighted by atomic mass is 35.5. The quantitative estimate of drug-likeness (QED) is 0.763. The smallest absolute Gasteiger partial charge is 0.351 e. The summed E-state index contributed by atoms with van der Waals surface area (Å²) in [6, 6.07) is 0. The van der Waals surface area contributed by atoms with E-state index in [9.17, 15) is 23.5 Å². The number of aliphatic hydroxyl groups is 1. The second kappa shape index (κ2) is 5.80. The molecule has 0 aromatic carbocycles. The van der Waals surface area contributed by atoms with Gasteiger partial charge in [0.25, 0.3) is 5.56 Å². The van der Waals surface area contributed by atoms with Gasteiger partial charge in [-0.2, -0.15) is 13.9 Å². The molecule has 25 heavy (non-hydrogen) atoms. The van der Waals surface area contributed by atoms with Gasteiger partial charge in [0, 0.05) is 24.6 Å². The van der Waals surface area contributed by atoms with Crippen LogP contribution in [-0.2, 0) is 29.6 Å². The van der Waals surface area contributed by atoms with Crippen LogP contribution in [-0.4, -0.2) is 63.5 Å². The molecule has 10 heteroatoms. The van der Waals surface area contributed by atoms with Crippen LogP contribution in [0, 0.1) is 0 Å². The number of likely N-dealkylation sites (tertiary alicyclic amines) is 1. The van der Waals surface area contributed by atoms with Crippen molar-refractivity contribution >= 4 is 17.5 Å². The average molecular weight is 379 g/mol. The first-order chi connectivity index (χ1) is 11.6. The number of ether oxygens (including phenoxy) is 1. The molecule has 3 rings (SSSR count). The fourth-order valence-electron chi connectivity index (χ4n) is 3.88. The third-order valence-electron chi connectivity index (χ3n) is 5.58. The topological polar surface area (TPSA) is 81.4 Å². The van der Waals surface area contributed by atoms with E-state index in [-0.39, 0.29) is 35.9 Å². The molecule has 0 saturated carbocycles. The van der Waals surface area contributed by atoms with Crippen molar-refractivity contribution in [3.05, 3.63) is 26.6 Å². The molecule has 1 N–H and O–H groups in total. The van der Waals surface area contributed by atoms with Gasteiger partial charge in [-0.3, -0.25) is 4.79 Å². The highest BCUT2D eigenvalue weighted by Crippen LogP contribution is 2.54. The minimum Gasteiger partial charge on any atom is -0.392 e. The number of carbonyl (C=O) groups excluding carboxylic acids is 1. The third kappa shape index (κ3) is 2.37. The van der Waals surface area contributed by atoms with Crippen molar-refractivity contribution < 1.29 is 27.9 Å². The Labute approximate surface area is 147 Å². The number of amides is 1. The second-order valence-corrected chi connectivity index (χ2v) is 7.15. The van der Waals surface area contributed by atoms with Gasteiger partial charge in [-0.15, -0.1) is 0 Å². The predicted molar refractivity (Wildman–Crippen MR) is 83.3 cm³/mol. The van der Waals surface area contributed by atoms with Crippen molar-refractivity contribution in [3.8, 4) is 0 Å². The number of aliphatic hydroxyl groups excluding tert-OH is 1. The minimum atomic E-state index is -3.01. The van der Waals surface area contributed by atoms with Crippen LogP contribution in [0.1, 0.15) is 17.5 Å². The Morgan fingerprint density at radius 1 is 1.48 bits per heavy atom. The summed E-state index contributed by atoms with van der Waals surface area (Å²) < 4.78 is 34.1. The van der Waals surface area contributed by atoms with E-state index < -0.39 is 47.0 Å². The number of carbonyl (C=O) groups is 1. The molecular formula is C15H19ClF2N3O4+. The maximum Gasteiger partial charge on any atom is 0.351 e. The highest BCUT2D eigenvalue weighted by molar-refractivity contribution is 6.30. The first-order valence-electron chi connectivity index (χ1n) is 7.80. The maximum absolute atomic E-state index is 14.3. The lowest BCUT2D eigenvalue weighted by Gasteiger charge is -2.58. The molecule has 2 saturated heterocycles. The molecule has 2 atom stereocenters. The van der Waals surface area contributed by atoms with E-state index in [0.717, 1.165) is 4.68 Å². The van der Waals surface area contributed by atoms with Crippen LogP contribution in [0.4, 0.5) is 8.78 Å². The molecule has 2 fully saturated rings. The number of hydrogen-bond donors (Lipinski definition) is 1. The number of aryl methyl sites for hydroxylation is 1. The number of quaternary nitrogens is 1. The van der Waals surface area contributed by atoms with Crippen LogP contribution >= 0.6 is 11.6 Å². The van der Waals surface area contributed by atoms with Gasteiger partial charge in [-0.1, -0.05) is 11.6 Å². The maximum atomic E-state index is 14.3. The molecule has 0 aliphatic carbocycles. The van der Waals surface area contributed by atoms with Crippen molar-refractivity contribution in [2.24, 2.45) is 7.05 Å². The fourth-order valence-corrected chi connectivity index (χ4v) is 4.17. The molecular weight excluding hydrogens is 360 g/mol. The Hall–Kier alpha value is -1.42. The predicted octanol–water partition coefficient (Wildman–Crippen LogP) is 0.250. The van der Waals surface area contributed by atoms with Crippen LogP contribution < -0.4 is 5.56 Å². The van der Waals surface area contributed by atoms with E-state index in [1.165, 1.54) is 14.1 Å². The molecule has 0 radical (unpaired) electrons. The minimum absolute atomic E-state index is 0.0152. The monoisotopic (exact) mass is 378 g/mol. The lowest BCUT2D eigenvalue weighted by molar-refractivity contribution is -0.960. The van der Waals surface area contributed by atoms with E-state index in [0.29, 0.717) is 0 Å². The van der Waals surface area contributed by atoms with Crippen LogP contribution in [0.25, 0.3) is 0 Å². The van der Waals surface area contributed by atoms with E-state index in [1.807, 2.05) is 0 Å². The molecule has 138 valence electrons. The number of likely N-dealkylation sites (N-methyl/N-ethyl adjacent to an activating group) is 1. The normalized spacial score (nSPS) is 30.5. The van der Waals surface area contributed by atoms with Crippen molar-refractivity contribution in [3.63, 3.8) is 0 Å². The van der Waals surface area contributed by atoms with Gasteiger partial charge in [0.1, 0.15) is 6.61 Å². The Balaban J connectivity index is 1.98. The van der Waals surface area contributed by atoms with Crippen molar-refractivity contribution in [2.45, 2.75) is 30.9 Å². The second-order valence-electron chi connectivity index (χ2n) is 6.79. The molecule has 2 aliphatic rings. The summed E-state index contributed by atoms with van der Waals surface area (Å²) in [5, 5.41) is 13.1. The van der Waals surface area contributed by atoms with Crippen LogP contribution in [0.5, 0.6) is 0 Å². The van der Waals surface area contributed by atoms with E-state index in [1.54, 1.807) is 0 Å². The number of aromatic nitrogens is 2. The number of halogens is 3. The fraction of sp³-hybridized carbons (Fsp3) is 0.667. The molecule has 7 nitrogen and oxygen atoms in total. The van der Waals surface area contributed by atoms with Crippen LogP contribution in [0.3, 0.4) is 0 Å². The first-order valence-corrected chi connectivity index (χ1v) is 8.17. The first kappa shape index (κ1) is 18.4. The molecule has 0 bridgehead atoms. The molecule has 1 aromatic rings. The zero-order valence-electron chi connectivity index (χ0n) is 13.9. The van der Waals surface area contributed by atoms with Crippen molar-refractivity contribution in [1.82, 2.24) is 9.78 Å². The summed E-state index contributed by atoms with van der Waals surface area (Å²) in [6.07, 6.45) is -0.330. The van der Waals surface area contributed by atoms with Crippen LogP contribution in [0.2, 0.25) is 5.15 Å². The van der Waals surface area contributed by atoms with Gasteiger partial charge in [0.2, 0.25) is 5.54 Å². The Morgan fingerprint density at radius 2 is 2.16 bits per heavy atom. The SMILES string of the molecule is Cn1nc(Cl)c(CO)c(CC(=O)[N+]2(C)CC(F)(F)C23CCOC3)c1=O. The molecule has 2 aliphatic heterocycles. The summed E-state index contributed by atoms with van der Waals surface area (Å²) in [4.78, 5) is 25.2. The number of rotatable bonds is 3. The molecule has 1 amide bonds. The van der Waals surface area contributed by atoms with Gasteiger partial charge in [-0.05, 0) is 0 Å². The van der Waals surface area contributed by atoms with E-state index in [2.05, 4.69) is 5.10 Å². The summed E-state index contributed by atoms with van der Waals surface area (Å²) in [6.45, 7) is -1.24. The summed E-state index contributed by atoms with van der Waals surface area (Å²) in [5.74, 6) is -3.54. The standard InChI is InChI=1S/C15H19ClF2N3O4/c1-20-13(24)9(10(6-22)12(16)19-20)5-11(23)21(2)7-15(17,18)14(21)3-4-25-8-14/h22H,3-8H2,1-2H3/q+1. The lowest BCUT2D eigenvalue weighted by Crippen LogP contribution is -2.86. The number of nitrogens with zero attached hydrogens (tertiary/aromatic N) is 3. The molecule has 2 unspecified atom stereocenters. The zero-order chi connectivity index (χ0) is 18.6. The summed E-state index contributed by atoms with van der Waals surface area (Å²) in [5.41, 5.74) is -2.14. The van der Waals surface area contributed by atoms with Crippen LogP contribution in [0.15, 0.2) is 4.79 Å². The van der Waals surface area contributed by atoms with Gasteiger partial charge in [0.15, 0.2) is 11.7 Å². The summed E-state index contributed by atoms with van der Waals surface area (Å²) in [7, 11) is 2.81. The van der Waals surface area contributed by atoms with Gasteiger partial charge in [0.05, 0.1) is 26.7 Å².